The molecule has 0 unspecified atom stereocenters. The number of benzene rings is 2. The molecular weight excluding hydrogens is 485 g/mol. The molecule has 0 atom stereocenters. The van der Waals surface area contributed by atoms with Crippen molar-refractivity contribution in [2.45, 2.75) is 59.6 Å². The fourth-order valence-electron chi connectivity index (χ4n) is 3.60. The molecule has 3 rings (SSSR count). The number of urea groups is 1. The number of halogens is 2. The van der Waals surface area contributed by atoms with Gasteiger partial charge >= 0.3 is 6.03 Å². The van der Waals surface area contributed by atoms with E-state index in [2.05, 4.69) is 15.6 Å². The van der Waals surface area contributed by atoms with Crippen molar-refractivity contribution in [1.82, 2.24) is 9.55 Å². The average Bonchev–Trinajstić information content (AvgIpc) is 3.07. The quantitative estimate of drug-likeness (QED) is 0.356. The van der Waals surface area contributed by atoms with Crippen molar-refractivity contribution >= 4 is 51.9 Å². The standard InChI is InChI=1S/C26H33ClFN5O3/c1-25(2,3)15-22(34)32(6)17-8-10-21-20(14-17)29-23(33(21)12-11-26(4,5)36)31-24(35)30-19-9-7-16(27)13-18(19)28/h7-10,13-14,36H,11-12,15H2,1-6H3,(H2,29,30,31,35). The lowest BCUT2D eigenvalue weighted by Gasteiger charge is -2.23. The van der Waals surface area contributed by atoms with Crippen LogP contribution in [0.2, 0.25) is 5.02 Å². The Hall–Kier alpha value is -3.17. The molecule has 1 aromatic heterocycles. The van der Waals surface area contributed by atoms with Crippen molar-refractivity contribution in [3.63, 3.8) is 0 Å². The highest BCUT2D eigenvalue weighted by molar-refractivity contribution is 6.30. The zero-order chi connectivity index (χ0) is 26.8. The molecule has 0 saturated heterocycles. The van der Waals surface area contributed by atoms with Crippen LogP contribution in [-0.4, -0.2) is 39.2 Å². The monoisotopic (exact) mass is 517 g/mol. The Morgan fingerprint density at radius 1 is 1.11 bits per heavy atom. The third-order valence-electron chi connectivity index (χ3n) is 5.53. The summed E-state index contributed by atoms with van der Waals surface area (Å²) < 4.78 is 15.9. The number of anilines is 3. The van der Waals surface area contributed by atoms with Crippen molar-refractivity contribution in [2.24, 2.45) is 5.41 Å². The van der Waals surface area contributed by atoms with E-state index in [4.69, 9.17) is 11.6 Å². The molecule has 0 fully saturated rings. The maximum absolute atomic E-state index is 14.1. The number of fused-ring (bicyclic) bond motifs is 1. The van der Waals surface area contributed by atoms with Crippen LogP contribution in [0.3, 0.4) is 0 Å². The normalized spacial score (nSPS) is 12.0. The lowest BCUT2D eigenvalue weighted by Crippen LogP contribution is -2.29. The van der Waals surface area contributed by atoms with Gasteiger partial charge in [-0.1, -0.05) is 32.4 Å². The van der Waals surface area contributed by atoms with Gasteiger partial charge in [-0.3, -0.25) is 10.1 Å². The SMILES string of the molecule is CN(C(=O)CC(C)(C)C)c1ccc2c(c1)nc(NC(=O)Nc1ccc(Cl)cc1F)n2CCC(C)(C)O. The number of hydrogen-bond donors (Lipinski definition) is 3. The molecule has 0 aliphatic heterocycles. The number of nitrogens with zero attached hydrogens (tertiary/aromatic N) is 3. The highest BCUT2D eigenvalue weighted by Gasteiger charge is 2.22. The molecule has 36 heavy (non-hydrogen) atoms. The summed E-state index contributed by atoms with van der Waals surface area (Å²) >= 11 is 5.78. The van der Waals surface area contributed by atoms with Crippen LogP contribution in [0.1, 0.15) is 47.5 Å². The van der Waals surface area contributed by atoms with Crippen LogP contribution in [0.4, 0.5) is 26.5 Å². The number of imidazole rings is 1. The van der Waals surface area contributed by atoms with Gasteiger partial charge in [-0.15, -0.1) is 0 Å². The van der Waals surface area contributed by atoms with Gasteiger partial charge < -0.3 is 19.9 Å². The van der Waals surface area contributed by atoms with Crippen LogP contribution in [0.5, 0.6) is 0 Å². The summed E-state index contributed by atoms with van der Waals surface area (Å²) in [7, 11) is 1.72. The summed E-state index contributed by atoms with van der Waals surface area (Å²) in [5, 5.41) is 15.6. The molecular formula is C26H33ClFN5O3. The Labute approximate surface area is 215 Å². The number of rotatable bonds is 7. The predicted molar refractivity (Wildman–Crippen MR) is 142 cm³/mol. The number of aryl methyl sites for hydroxylation is 1. The maximum atomic E-state index is 14.1. The summed E-state index contributed by atoms with van der Waals surface area (Å²) in [5.41, 5.74) is 0.823. The average molecular weight is 518 g/mol. The van der Waals surface area contributed by atoms with Gasteiger partial charge in [0.2, 0.25) is 11.9 Å². The van der Waals surface area contributed by atoms with Gasteiger partial charge in [0, 0.05) is 30.7 Å². The molecule has 0 radical (unpaired) electrons. The summed E-state index contributed by atoms with van der Waals surface area (Å²) in [6.45, 7) is 9.77. The molecule has 10 heteroatoms. The first-order chi connectivity index (χ1) is 16.6. The lowest BCUT2D eigenvalue weighted by molar-refractivity contribution is -0.120. The topological polar surface area (TPSA) is 99.5 Å². The van der Waals surface area contributed by atoms with Gasteiger partial charge in [0.15, 0.2) is 0 Å². The first-order valence-corrected chi connectivity index (χ1v) is 12.0. The van der Waals surface area contributed by atoms with Crippen molar-refractivity contribution in [2.75, 3.05) is 22.6 Å². The minimum atomic E-state index is -0.942. The van der Waals surface area contributed by atoms with Crippen molar-refractivity contribution in [3.05, 3.63) is 47.2 Å². The third kappa shape index (κ3) is 7.18. The first kappa shape index (κ1) is 27.4. The van der Waals surface area contributed by atoms with Crippen LogP contribution in [0.15, 0.2) is 36.4 Å². The van der Waals surface area contributed by atoms with E-state index in [0.717, 1.165) is 6.07 Å². The molecule has 0 spiro atoms. The van der Waals surface area contributed by atoms with E-state index < -0.39 is 17.4 Å². The van der Waals surface area contributed by atoms with Gasteiger partial charge in [-0.25, -0.2) is 14.2 Å². The Balaban J connectivity index is 1.92. The van der Waals surface area contributed by atoms with Gasteiger partial charge in [-0.2, -0.15) is 0 Å². The molecule has 0 aliphatic rings. The molecule has 0 saturated carbocycles. The van der Waals surface area contributed by atoms with Crippen LogP contribution < -0.4 is 15.5 Å². The highest BCUT2D eigenvalue weighted by atomic mass is 35.5. The number of carbonyl (C=O) groups excluding carboxylic acids is 2. The van der Waals surface area contributed by atoms with E-state index >= 15 is 0 Å². The van der Waals surface area contributed by atoms with Crippen LogP contribution >= 0.6 is 11.6 Å². The molecule has 0 aliphatic carbocycles. The van der Waals surface area contributed by atoms with Crippen LogP contribution in [-0.2, 0) is 11.3 Å². The van der Waals surface area contributed by atoms with Crippen LogP contribution in [0.25, 0.3) is 11.0 Å². The summed E-state index contributed by atoms with van der Waals surface area (Å²) in [4.78, 5) is 31.5. The second-order valence-corrected chi connectivity index (χ2v) is 11.2. The van der Waals surface area contributed by atoms with E-state index in [1.54, 1.807) is 36.4 Å². The molecule has 8 nitrogen and oxygen atoms in total. The highest BCUT2D eigenvalue weighted by Crippen LogP contribution is 2.28. The Morgan fingerprint density at radius 3 is 2.42 bits per heavy atom. The third-order valence-corrected chi connectivity index (χ3v) is 5.76. The number of hydrogen-bond acceptors (Lipinski definition) is 4. The maximum Gasteiger partial charge on any atom is 0.326 e. The predicted octanol–water partition coefficient (Wildman–Crippen LogP) is 6.03. The van der Waals surface area contributed by atoms with E-state index in [-0.39, 0.29) is 28.0 Å². The molecule has 0 bridgehead atoms. The van der Waals surface area contributed by atoms with E-state index in [9.17, 15) is 19.1 Å². The van der Waals surface area contributed by atoms with Crippen molar-refractivity contribution in [1.29, 1.82) is 0 Å². The molecule has 1 heterocycles. The van der Waals surface area contributed by atoms with E-state index in [0.29, 0.717) is 36.1 Å². The van der Waals surface area contributed by atoms with E-state index in [1.807, 2.05) is 32.9 Å². The van der Waals surface area contributed by atoms with Gasteiger partial charge in [0.1, 0.15) is 5.82 Å². The van der Waals surface area contributed by atoms with Crippen molar-refractivity contribution in [3.8, 4) is 0 Å². The minimum Gasteiger partial charge on any atom is -0.390 e. The molecule has 2 aromatic carbocycles. The Kier molecular flexibility index (Phi) is 7.95. The van der Waals surface area contributed by atoms with Gasteiger partial charge in [-0.05, 0) is 62.1 Å². The van der Waals surface area contributed by atoms with Crippen LogP contribution in [0, 0.1) is 11.2 Å². The number of carbonyl (C=O) groups is 2. The number of nitrogens with one attached hydrogen (secondary N) is 2. The lowest BCUT2D eigenvalue weighted by atomic mass is 9.91. The Morgan fingerprint density at radius 2 is 1.81 bits per heavy atom. The second kappa shape index (κ2) is 10.4. The number of aliphatic hydroxyl groups is 1. The fourth-order valence-corrected chi connectivity index (χ4v) is 3.75. The van der Waals surface area contributed by atoms with E-state index in [1.165, 1.54) is 12.1 Å². The Bertz CT molecular complexity index is 1280. The summed E-state index contributed by atoms with van der Waals surface area (Å²) in [5.74, 6) is -0.464. The molecule has 3 aromatic rings. The summed E-state index contributed by atoms with van der Waals surface area (Å²) in [6, 6.07) is 8.67. The zero-order valence-electron chi connectivity index (χ0n) is 21.4. The number of amides is 3. The van der Waals surface area contributed by atoms with Gasteiger partial charge in [0.05, 0.1) is 22.3 Å². The second-order valence-electron chi connectivity index (χ2n) is 10.7. The van der Waals surface area contributed by atoms with Crippen molar-refractivity contribution < 1.29 is 19.1 Å². The summed E-state index contributed by atoms with van der Waals surface area (Å²) in [6.07, 6.45) is 0.780. The smallest absolute Gasteiger partial charge is 0.326 e. The first-order valence-electron chi connectivity index (χ1n) is 11.7. The number of aromatic nitrogens is 2. The zero-order valence-corrected chi connectivity index (χ0v) is 22.2. The molecule has 194 valence electrons. The minimum absolute atomic E-state index is 0.0222. The fraction of sp³-hybridized carbons (Fsp3) is 0.423. The van der Waals surface area contributed by atoms with Gasteiger partial charge in [0.25, 0.3) is 0 Å². The molecule has 3 amide bonds. The largest absolute Gasteiger partial charge is 0.390 e. The molecule has 3 N–H and O–H groups in total.